The fourth-order valence-electron chi connectivity index (χ4n) is 4.47. The first kappa shape index (κ1) is 35.0. The number of aliphatic hydroxyl groups excluding tert-OH is 1. The van der Waals surface area contributed by atoms with Crippen molar-refractivity contribution >= 4 is 27.6 Å². The molecule has 1 heterocycles. The quantitative estimate of drug-likeness (QED) is 0.380. The number of ether oxygens (including phenoxy) is 1. The van der Waals surface area contributed by atoms with Gasteiger partial charge >= 0.3 is 18.1 Å². The number of rotatable bonds is 9. The van der Waals surface area contributed by atoms with Crippen LogP contribution in [0.5, 0.6) is 0 Å². The monoisotopic (exact) mass is 618 g/mol. The lowest BCUT2D eigenvalue weighted by Gasteiger charge is -2.42. The van der Waals surface area contributed by atoms with Crippen molar-refractivity contribution < 1.29 is 51.2 Å². The van der Waals surface area contributed by atoms with Gasteiger partial charge < -0.3 is 20.1 Å². The van der Waals surface area contributed by atoms with Gasteiger partial charge in [-0.25, -0.2) is 13.2 Å². The molecule has 14 heteroatoms. The number of sulfonamides is 1. The number of carbonyl (C=O) groups is 2. The summed E-state index contributed by atoms with van der Waals surface area (Å²) in [5, 5.41) is 28.2. The van der Waals surface area contributed by atoms with Crippen LogP contribution in [0.15, 0.2) is 47.4 Å². The number of nitrogens with zero attached hydrogens (tertiary/aromatic N) is 2. The predicted molar refractivity (Wildman–Crippen MR) is 149 cm³/mol. The van der Waals surface area contributed by atoms with Gasteiger partial charge in [0.15, 0.2) is 0 Å². The second-order valence-electron chi connectivity index (χ2n) is 10.5. The SMILES string of the molecule is Cc1ccc(N(CC(C)C)S(=O)(=O)c2ccc(C(O)C(C)(C(=O)O)N3CCOCC3)cc2)c(C)c1.O=C(O)C(F)(F)F. The number of carboxylic acid groups (broad SMARTS) is 2. The van der Waals surface area contributed by atoms with Crippen molar-refractivity contribution in [3.63, 3.8) is 0 Å². The van der Waals surface area contributed by atoms with Crippen LogP contribution in [0.4, 0.5) is 18.9 Å². The van der Waals surface area contributed by atoms with E-state index < -0.39 is 39.8 Å². The van der Waals surface area contributed by atoms with E-state index in [4.69, 9.17) is 14.6 Å². The Bertz CT molecular complexity index is 1340. The van der Waals surface area contributed by atoms with Crippen molar-refractivity contribution in [1.82, 2.24) is 4.90 Å². The Morgan fingerprint density at radius 1 is 1.00 bits per heavy atom. The standard InChI is InChI=1S/C26H36N2O6S.C2HF3O2/c1-18(2)17-28(23-11-6-19(3)16-20(23)4)35(32,33)22-9-7-21(8-10-22)24(29)26(5,25(30)31)27-12-14-34-15-13-27;3-2(4,5)1(6)7/h6-11,16,18,24,29H,12-15,17H2,1-5H3,(H,30,31);(H,6,7). The zero-order valence-corrected chi connectivity index (χ0v) is 24.9. The number of benzene rings is 2. The second-order valence-corrected chi connectivity index (χ2v) is 12.4. The fraction of sp³-hybridized carbons (Fsp3) is 0.500. The van der Waals surface area contributed by atoms with Gasteiger partial charge in [0.05, 0.1) is 23.8 Å². The Hall–Kier alpha value is -3.20. The summed E-state index contributed by atoms with van der Waals surface area (Å²) in [5.74, 6) is -3.81. The van der Waals surface area contributed by atoms with Gasteiger partial charge in [-0.2, -0.15) is 13.2 Å². The van der Waals surface area contributed by atoms with E-state index in [0.29, 0.717) is 44.1 Å². The van der Waals surface area contributed by atoms with E-state index in [2.05, 4.69) is 0 Å². The highest BCUT2D eigenvalue weighted by Crippen LogP contribution is 2.34. The Morgan fingerprint density at radius 3 is 1.95 bits per heavy atom. The Morgan fingerprint density at radius 2 is 1.52 bits per heavy atom. The summed E-state index contributed by atoms with van der Waals surface area (Å²) in [7, 11) is -3.89. The number of hydrogen-bond donors (Lipinski definition) is 3. The smallest absolute Gasteiger partial charge is 0.480 e. The third-order valence-electron chi connectivity index (χ3n) is 6.81. The van der Waals surface area contributed by atoms with Gasteiger partial charge in [0, 0.05) is 19.6 Å². The summed E-state index contributed by atoms with van der Waals surface area (Å²) in [6.45, 7) is 11.1. The minimum Gasteiger partial charge on any atom is -0.480 e. The molecule has 10 nitrogen and oxygen atoms in total. The van der Waals surface area contributed by atoms with Gasteiger partial charge in [-0.3, -0.25) is 14.0 Å². The van der Waals surface area contributed by atoms with Gasteiger partial charge in [-0.05, 0) is 56.0 Å². The molecule has 3 rings (SSSR count). The van der Waals surface area contributed by atoms with E-state index in [1.54, 1.807) is 4.90 Å². The fourth-order valence-corrected chi connectivity index (χ4v) is 6.16. The maximum atomic E-state index is 13.7. The van der Waals surface area contributed by atoms with Crippen molar-refractivity contribution in [2.75, 3.05) is 37.2 Å². The third-order valence-corrected chi connectivity index (χ3v) is 8.61. The van der Waals surface area contributed by atoms with Crippen LogP contribution in [0.1, 0.15) is 43.6 Å². The minimum absolute atomic E-state index is 0.0810. The minimum atomic E-state index is -5.08. The van der Waals surface area contributed by atoms with Crippen LogP contribution < -0.4 is 4.31 Å². The first-order chi connectivity index (χ1) is 19.3. The largest absolute Gasteiger partial charge is 0.490 e. The molecular formula is C28H37F3N2O8S. The summed E-state index contributed by atoms with van der Waals surface area (Å²) in [6.07, 6.45) is -6.44. The van der Waals surface area contributed by atoms with E-state index in [-0.39, 0.29) is 10.8 Å². The van der Waals surface area contributed by atoms with Crippen LogP contribution >= 0.6 is 0 Å². The number of aliphatic hydroxyl groups is 1. The van der Waals surface area contributed by atoms with Crippen LogP contribution in [0.25, 0.3) is 0 Å². The summed E-state index contributed by atoms with van der Waals surface area (Å²) in [6, 6.07) is 11.5. The Labute approximate surface area is 243 Å². The summed E-state index contributed by atoms with van der Waals surface area (Å²) < 4.78 is 65.9. The zero-order chi connectivity index (χ0) is 32.0. The van der Waals surface area contributed by atoms with E-state index in [0.717, 1.165) is 11.1 Å². The normalized spacial score (nSPS) is 16.6. The van der Waals surface area contributed by atoms with Crippen molar-refractivity contribution in [3.8, 4) is 0 Å². The molecule has 0 amide bonds. The molecule has 0 radical (unpaired) electrons. The summed E-state index contributed by atoms with van der Waals surface area (Å²) >= 11 is 0. The molecule has 1 aliphatic rings. The van der Waals surface area contributed by atoms with Crippen LogP contribution in [-0.2, 0) is 24.3 Å². The molecule has 2 aromatic rings. The maximum Gasteiger partial charge on any atom is 0.490 e. The average Bonchev–Trinajstić information content (AvgIpc) is 2.91. The van der Waals surface area contributed by atoms with Crippen LogP contribution in [0.2, 0.25) is 0 Å². The van der Waals surface area contributed by atoms with Crippen LogP contribution in [0, 0.1) is 19.8 Å². The molecule has 1 saturated heterocycles. The number of hydrogen-bond acceptors (Lipinski definition) is 7. The Kier molecular flexibility index (Phi) is 11.5. The molecule has 2 unspecified atom stereocenters. The van der Waals surface area contributed by atoms with Gasteiger partial charge in [0.25, 0.3) is 10.0 Å². The number of halogens is 3. The lowest BCUT2D eigenvalue weighted by atomic mass is 9.87. The lowest BCUT2D eigenvalue weighted by molar-refractivity contribution is -0.192. The van der Waals surface area contributed by atoms with E-state index in [9.17, 15) is 36.6 Å². The average molecular weight is 619 g/mol. The molecule has 2 atom stereocenters. The van der Waals surface area contributed by atoms with Gasteiger partial charge in [-0.1, -0.05) is 43.7 Å². The predicted octanol–water partition coefficient (Wildman–Crippen LogP) is 4.00. The highest BCUT2D eigenvalue weighted by molar-refractivity contribution is 7.92. The lowest BCUT2D eigenvalue weighted by Crippen LogP contribution is -2.59. The first-order valence-corrected chi connectivity index (χ1v) is 14.5. The molecule has 0 aliphatic carbocycles. The molecule has 0 bridgehead atoms. The summed E-state index contributed by atoms with van der Waals surface area (Å²) in [5.41, 5.74) is 1.30. The van der Waals surface area contributed by atoms with Crippen LogP contribution in [0.3, 0.4) is 0 Å². The zero-order valence-electron chi connectivity index (χ0n) is 24.1. The molecule has 3 N–H and O–H groups in total. The second kappa shape index (κ2) is 13.8. The van der Waals surface area contributed by atoms with E-state index >= 15 is 0 Å². The molecule has 2 aromatic carbocycles. The van der Waals surface area contributed by atoms with E-state index in [1.807, 2.05) is 45.9 Å². The van der Waals surface area contributed by atoms with Crippen molar-refractivity contribution in [2.45, 2.75) is 57.3 Å². The van der Waals surface area contributed by atoms with Gasteiger partial charge in [-0.15, -0.1) is 0 Å². The van der Waals surface area contributed by atoms with E-state index in [1.165, 1.54) is 35.5 Å². The Balaban J connectivity index is 0.000000782. The van der Waals surface area contributed by atoms with Crippen molar-refractivity contribution in [3.05, 3.63) is 59.2 Å². The molecule has 1 aliphatic heterocycles. The molecule has 234 valence electrons. The number of carboxylic acids is 2. The molecule has 42 heavy (non-hydrogen) atoms. The summed E-state index contributed by atoms with van der Waals surface area (Å²) in [4.78, 5) is 22.9. The topological polar surface area (TPSA) is 145 Å². The third kappa shape index (κ3) is 8.21. The first-order valence-electron chi connectivity index (χ1n) is 13.1. The van der Waals surface area contributed by atoms with Gasteiger partial charge in [0.1, 0.15) is 11.6 Å². The molecular weight excluding hydrogens is 581 g/mol. The van der Waals surface area contributed by atoms with Crippen molar-refractivity contribution in [2.24, 2.45) is 5.92 Å². The highest BCUT2D eigenvalue weighted by Gasteiger charge is 2.47. The van der Waals surface area contributed by atoms with Gasteiger partial charge in [0.2, 0.25) is 0 Å². The van der Waals surface area contributed by atoms with Crippen molar-refractivity contribution in [1.29, 1.82) is 0 Å². The highest BCUT2D eigenvalue weighted by atomic mass is 32.2. The van der Waals surface area contributed by atoms with Crippen LogP contribution in [-0.4, -0.2) is 85.1 Å². The number of alkyl halides is 3. The number of morpholine rings is 1. The molecule has 0 saturated carbocycles. The number of anilines is 1. The molecule has 1 fully saturated rings. The number of aryl methyl sites for hydroxylation is 2. The molecule has 0 aromatic heterocycles. The molecule has 0 spiro atoms. The number of aliphatic carboxylic acids is 2. The maximum absolute atomic E-state index is 13.7.